The minimum atomic E-state index is -0.250. The average Bonchev–Trinajstić information content (AvgIpc) is 3.28. The normalized spacial score (nSPS) is 15.0. The molecule has 0 saturated carbocycles. The van der Waals surface area contributed by atoms with Crippen molar-refractivity contribution < 1.29 is 19.1 Å². The van der Waals surface area contributed by atoms with E-state index < -0.39 is 0 Å². The van der Waals surface area contributed by atoms with Gasteiger partial charge in [0.1, 0.15) is 0 Å². The Morgan fingerprint density at radius 1 is 1.08 bits per heavy atom. The van der Waals surface area contributed by atoms with Crippen molar-refractivity contribution in [2.24, 2.45) is 4.99 Å². The van der Waals surface area contributed by atoms with Gasteiger partial charge >= 0.3 is 0 Å². The van der Waals surface area contributed by atoms with E-state index >= 15 is 0 Å². The Morgan fingerprint density at radius 2 is 1.92 bits per heavy atom. The number of halogens is 1. The molecule has 0 unspecified atom stereocenters. The molecule has 0 atom stereocenters. The highest BCUT2D eigenvalue weighted by Crippen LogP contribution is 2.33. The lowest BCUT2D eigenvalue weighted by Crippen LogP contribution is -2.19. The van der Waals surface area contributed by atoms with Crippen LogP contribution in [0.25, 0.3) is 17.0 Å². The van der Waals surface area contributed by atoms with Gasteiger partial charge in [-0.25, -0.2) is 4.99 Å². The van der Waals surface area contributed by atoms with Crippen molar-refractivity contribution in [1.82, 2.24) is 10.3 Å². The van der Waals surface area contributed by atoms with Gasteiger partial charge in [0.25, 0.3) is 5.91 Å². The number of hydrogen-bond donors (Lipinski definition) is 2. The maximum absolute atomic E-state index is 12.7. The zero-order chi connectivity index (χ0) is 27.4. The molecular formula is C29H23ClN4O4S. The van der Waals surface area contributed by atoms with Crippen molar-refractivity contribution in [3.8, 4) is 11.5 Å². The number of methoxy groups -OCH3 is 2. The minimum Gasteiger partial charge on any atom is -0.493 e. The summed E-state index contributed by atoms with van der Waals surface area (Å²) >= 11 is 7.59. The van der Waals surface area contributed by atoms with Crippen LogP contribution in [0.2, 0.25) is 5.02 Å². The Hall–Kier alpha value is -4.34. The molecule has 1 fully saturated rings. The summed E-state index contributed by atoms with van der Waals surface area (Å²) in [5.41, 5.74) is 3.48. The highest BCUT2D eigenvalue weighted by Gasteiger charge is 2.24. The number of ether oxygens (including phenoxy) is 2. The third-order valence-electron chi connectivity index (χ3n) is 5.84. The number of thioether (sulfide) groups is 1. The van der Waals surface area contributed by atoms with Gasteiger partial charge in [-0.1, -0.05) is 29.8 Å². The third-order valence-corrected chi connectivity index (χ3v) is 7.07. The summed E-state index contributed by atoms with van der Waals surface area (Å²) < 4.78 is 10.6. The first-order valence-corrected chi connectivity index (χ1v) is 13.1. The molecule has 196 valence electrons. The zero-order valence-electron chi connectivity index (χ0n) is 21.0. The van der Waals surface area contributed by atoms with E-state index in [2.05, 4.69) is 20.6 Å². The molecule has 0 bridgehead atoms. The molecule has 0 radical (unpaired) electrons. The van der Waals surface area contributed by atoms with Crippen LogP contribution >= 0.6 is 23.4 Å². The molecule has 0 aliphatic carbocycles. The van der Waals surface area contributed by atoms with E-state index in [0.29, 0.717) is 38.0 Å². The van der Waals surface area contributed by atoms with Crippen LogP contribution in [-0.4, -0.2) is 36.2 Å². The van der Waals surface area contributed by atoms with Crippen molar-refractivity contribution in [3.05, 3.63) is 94.0 Å². The Balaban J connectivity index is 1.29. The van der Waals surface area contributed by atoms with Crippen LogP contribution in [0.15, 0.2) is 82.8 Å². The van der Waals surface area contributed by atoms with Crippen LogP contribution < -0.4 is 20.1 Å². The predicted molar refractivity (Wildman–Crippen MR) is 156 cm³/mol. The summed E-state index contributed by atoms with van der Waals surface area (Å²) in [6.45, 7) is 0. The van der Waals surface area contributed by atoms with Gasteiger partial charge in [0.05, 0.1) is 41.8 Å². The molecule has 1 aliphatic heterocycles. The van der Waals surface area contributed by atoms with E-state index in [9.17, 15) is 9.59 Å². The summed E-state index contributed by atoms with van der Waals surface area (Å²) in [5.74, 6) is 0.671. The summed E-state index contributed by atoms with van der Waals surface area (Å²) in [6, 6.07) is 20.0. The minimum absolute atomic E-state index is 0.137. The molecule has 2 N–H and O–H groups in total. The SMILES string of the molecule is COc1ccc(CC(=O)Nc2ccc(Cl)c(N=C3NC(=O)/C(=C/c4ccc5ncccc5c4)S3)c2)cc1OC. The topological polar surface area (TPSA) is 102 Å². The first-order chi connectivity index (χ1) is 18.9. The third kappa shape index (κ3) is 6.22. The van der Waals surface area contributed by atoms with E-state index in [1.807, 2.05) is 30.3 Å². The van der Waals surface area contributed by atoms with E-state index in [1.54, 1.807) is 62.9 Å². The molecule has 39 heavy (non-hydrogen) atoms. The summed E-state index contributed by atoms with van der Waals surface area (Å²) in [7, 11) is 3.10. The van der Waals surface area contributed by atoms with E-state index in [-0.39, 0.29) is 18.2 Å². The summed E-state index contributed by atoms with van der Waals surface area (Å²) in [5, 5.41) is 7.40. The van der Waals surface area contributed by atoms with Gasteiger partial charge in [0, 0.05) is 17.3 Å². The smallest absolute Gasteiger partial charge is 0.264 e. The van der Waals surface area contributed by atoms with Gasteiger partial charge in [0.15, 0.2) is 16.7 Å². The second kappa shape index (κ2) is 11.6. The number of rotatable bonds is 7. The largest absolute Gasteiger partial charge is 0.493 e. The number of aromatic nitrogens is 1. The average molecular weight is 559 g/mol. The number of amides is 2. The maximum Gasteiger partial charge on any atom is 0.264 e. The van der Waals surface area contributed by atoms with Crippen LogP contribution in [0.3, 0.4) is 0 Å². The quantitative estimate of drug-likeness (QED) is 0.271. The number of carbonyl (C=O) groups excluding carboxylic acids is 2. The maximum atomic E-state index is 12.7. The highest BCUT2D eigenvalue weighted by molar-refractivity contribution is 8.18. The number of aliphatic imine (C=N–C) groups is 1. The molecule has 1 saturated heterocycles. The Kier molecular flexibility index (Phi) is 7.81. The zero-order valence-corrected chi connectivity index (χ0v) is 22.6. The van der Waals surface area contributed by atoms with Gasteiger partial charge in [0.2, 0.25) is 5.91 Å². The van der Waals surface area contributed by atoms with Crippen LogP contribution in [0, 0.1) is 0 Å². The van der Waals surface area contributed by atoms with Crippen molar-refractivity contribution in [2.75, 3.05) is 19.5 Å². The molecule has 5 rings (SSSR count). The lowest BCUT2D eigenvalue weighted by molar-refractivity contribution is -0.116. The Morgan fingerprint density at radius 3 is 2.74 bits per heavy atom. The molecule has 10 heteroatoms. The molecule has 1 aliphatic rings. The number of anilines is 1. The van der Waals surface area contributed by atoms with Crippen LogP contribution in [0.4, 0.5) is 11.4 Å². The standard InChI is InChI=1S/C29H23ClN4O4S/c1-37-24-10-6-18(13-25(24)38-2)15-27(35)32-20-7-8-21(30)23(16-20)33-29-34-28(36)26(39-29)14-17-5-9-22-19(12-17)4-3-11-31-22/h3-14,16H,15H2,1-2H3,(H,32,35)(H,33,34,36)/b26-14-. The monoisotopic (exact) mass is 558 g/mol. The second-order valence-electron chi connectivity index (χ2n) is 8.52. The summed E-state index contributed by atoms with van der Waals surface area (Å²) in [4.78, 5) is 34.6. The molecule has 8 nitrogen and oxygen atoms in total. The molecule has 2 amide bonds. The van der Waals surface area contributed by atoms with Crippen LogP contribution in [-0.2, 0) is 16.0 Å². The van der Waals surface area contributed by atoms with Crippen molar-refractivity contribution in [3.63, 3.8) is 0 Å². The second-order valence-corrected chi connectivity index (χ2v) is 9.96. The van der Waals surface area contributed by atoms with Crippen molar-refractivity contribution in [1.29, 1.82) is 0 Å². The lowest BCUT2D eigenvalue weighted by Gasteiger charge is -2.10. The molecule has 0 spiro atoms. The van der Waals surface area contributed by atoms with Crippen molar-refractivity contribution in [2.45, 2.75) is 6.42 Å². The number of fused-ring (bicyclic) bond motifs is 1. The number of pyridine rings is 1. The van der Waals surface area contributed by atoms with Crippen LogP contribution in [0.5, 0.6) is 11.5 Å². The number of nitrogens with zero attached hydrogens (tertiary/aromatic N) is 2. The first kappa shape index (κ1) is 26.3. The predicted octanol–water partition coefficient (Wildman–Crippen LogP) is 5.98. The number of amidine groups is 1. The van der Waals surface area contributed by atoms with Gasteiger partial charge in [-0.3, -0.25) is 14.6 Å². The lowest BCUT2D eigenvalue weighted by atomic mass is 10.1. The number of benzene rings is 3. The molecular weight excluding hydrogens is 536 g/mol. The fourth-order valence-electron chi connectivity index (χ4n) is 3.98. The molecule has 4 aromatic rings. The Labute approximate surface area is 234 Å². The number of nitrogens with one attached hydrogen (secondary N) is 2. The van der Waals surface area contributed by atoms with Crippen LogP contribution in [0.1, 0.15) is 11.1 Å². The van der Waals surface area contributed by atoms with E-state index in [1.165, 1.54) is 11.8 Å². The van der Waals surface area contributed by atoms with Gasteiger partial charge in [-0.2, -0.15) is 0 Å². The highest BCUT2D eigenvalue weighted by atomic mass is 35.5. The van der Waals surface area contributed by atoms with E-state index in [4.69, 9.17) is 21.1 Å². The van der Waals surface area contributed by atoms with Gasteiger partial charge in [-0.15, -0.1) is 0 Å². The van der Waals surface area contributed by atoms with Crippen molar-refractivity contribution >= 4 is 68.7 Å². The fourth-order valence-corrected chi connectivity index (χ4v) is 4.98. The van der Waals surface area contributed by atoms with E-state index in [0.717, 1.165) is 22.0 Å². The fraction of sp³-hybridized carbons (Fsp3) is 0.103. The van der Waals surface area contributed by atoms with Gasteiger partial charge < -0.3 is 20.1 Å². The summed E-state index contributed by atoms with van der Waals surface area (Å²) in [6.07, 6.45) is 3.69. The number of hydrogen-bond acceptors (Lipinski definition) is 7. The first-order valence-electron chi connectivity index (χ1n) is 11.9. The molecule has 1 aromatic heterocycles. The van der Waals surface area contributed by atoms with Gasteiger partial charge in [-0.05, 0) is 77.5 Å². The molecule has 3 aromatic carbocycles. The number of carbonyl (C=O) groups is 2. The Bertz CT molecular complexity index is 1650. The molecule has 2 heterocycles.